The summed E-state index contributed by atoms with van der Waals surface area (Å²) in [6.07, 6.45) is 0. The van der Waals surface area contributed by atoms with Crippen LogP contribution in [0.15, 0.2) is 188 Å². The first-order valence-electron chi connectivity index (χ1n) is 17.7. The van der Waals surface area contributed by atoms with Crippen LogP contribution in [0.5, 0.6) is 0 Å². The summed E-state index contributed by atoms with van der Waals surface area (Å²) in [6.45, 7) is 0. The molecule has 0 aliphatic carbocycles. The summed E-state index contributed by atoms with van der Waals surface area (Å²) in [5.74, 6) is 0. The fourth-order valence-electron chi connectivity index (χ4n) is 8.66. The third-order valence-electron chi connectivity index (χ3n) is 10.9. The number of para-hydroxylation sites is 2. The summed E-state index contributed by atoms with van der Waals surface area (Å²) in [4.78, 5) is 0. The van der Waals surface area contributed by atoms with Crippen molar-refractivity contribution in [1.29, 1.82) is 0 Å². The number of rotatable bonds is 3. The minimum absolute atomic E-state index is 1.18. The van der Waals surface area contributed by atoms with Gasteiger partial charge in [0.25, 0.3) is 0 Å². The lowest BCUT2D eigenvalue weighted by Crippen LogP contribution is -1.92. The largest absolute Gasteiger partial charge is 0.309 e. The zero-order valence-corrected chi connectivity index (χ0v) is 27.8. The van der Waals surface area contributed by atoms with Crippen LogP contribution in [-0.4, -0.2) is 4.57 Å². The fourth-order valence-corrected chi connectivity index (χ4v) is 8.66. The van der Waals surface area contributed by atoms with E-state index in [9.17, 15) is 0 Å². The van der Waals surface area contributed by atoms with E-state index in [1.165, 1.54) is 104 Å². The fraction of sp³-hybridized carbons (Fsp3) is 0. The average Bonchev–Trinajstić information content (AvgIpc) is 3.54. The van der Waals surface area contributed by atoms with Crippen molar-refractivity contribution in [2.75, 3.05) is 0 Å². The highest BCUT2D eigenvalue weighted by molar-refractivity contribution is 6.39. The Kier molecular flexibility index (Phi) is 6.02. The molecule has 0 amide bonds. The number of fused-ring (bicyclic) bond motifs is 14. The van der Waals surface area contributed by atoms with Gasteiger partial charge in [-0.05, 0) is 113 Å². The average molecular weight is 646 g/mol. The van der Waals surface area contributed by atoms with Gasteiger partial charge in [-0.15, -0.1) is 0 Å². The van der Waals surface area contributed by atoms with Crippen molar-refractivity contribution in [3.05, 3.63) is 188 Å². The molecule has 0 radical (unpaired) electrons. The van der Waals surface area contributed by atoms with Gasteiger partial charge in [-0.25, -0.2) is 0 Å². The highest BCUT2D eigenvalue weighted by atomic mass is 15.0. The summed E-state index contributed by atoms with van der Waals surface area (Å²) >= 11 is 0. The van der Waals surface area contributed by atoms with Crippen LogP contribution in [0.25, 0.3) is 104 Å². The third-order valence-corrected chi connectivity index (χ3v) is 10.9. The van der Waals surface area contributed by atoms with Crippen LogP contribution in [-0.2, 0) is 0 Å². The van der Waals surface area contributed by atoms with Crippen molar-refractivity contribution in [3.8, 4) is 27.9 Å². The Bertz CT molecular complexity index is 3170. The van der Waals surface area contributed by atoms with E-state index >= 15 is 0 Å². The molecule has 1 aromatic heterocycles. The minimum Gasteiger partial charge on any atom is -0.309 e. The van der Waals surface area contributed by atoms with Crippen LogP contribution in [0, 0.1) is 0 Å². The summed E-state index contributed by atoms with van der Waals surface area (Å²) in [5.41, 5.74) is 8.51. The van der Waals surface area contributed by atoms with Gasteiger partial charge in [0.15, 0.2) is 0 Å². The molecule has 0 saturated heterocycles. The maximum Gasteiger partial charge on any atom is 0.0541 e. The molecule has 0 aliphatic rings. The third kappa shape index (κ3) is 4.16. The molecule has 0 bridgehead atoms. The molecule has 0 saturated carbocycles. The Morgan fingerprint density at radius 1 is 0.235 bits per heavy atom. The second kappa shape index (κ2) is 10.9. The molecule has 10 aromatic carbocycles. The second-order valence-electron chi connectivity index (χ2n) is 13.6. The molecule has 1 heteroatoms. The lowest BCUT2D eigenvalue weighted by Gasteiger charge is -2.17. The molecule has 1 nitrogen and oxygen atoms in total. The van der Waals surface area contributed by atoms with E-state index < -0.39 is 0 Å². The molecule has 0 aliphatic heterocycles. The molecule has 0 unspecified atom stereocenters. The van der Waals surface area contributed by atoms with Crippen molar-refractivity contribution >= 4 is 75.7 Å². The Hall–Kier alpha value is -6.70. The predicted octanol–water partition coefficient (Wildman–Crippen LogP) is 13.9. The van der Waals surface area contributed by atoms with Gasteiger partial charge in [0.05, 0.1) is 11.0 Å². The van der Waals surface area contributed by atoms with E-state index in [1.54, 1.807) is 0 Å². The van der Waals surface area contributed by atoms with E-state index in [1.807, 2.05) is 0 Å². The molecule has 0 spiro atoms. The molecule has 51 heavy (non-hydrogen) atoms. The maximum absolute atomic E-state index is 2.40. The van der Waals surface area contributed by atoms with Crippen LogP contribution < -0.4 is 0 Å². The Balaban J connectivity index is 1.06. The van der Waals surface area contributed by atoms with Crippen LogP contribution in [0.2, 0.25) is 0 Å². The van der Waals surface area contributed by atoms with Crippen LogP contribution in [0.4, 0.5) is 0 Å². The zero-order chi connectivity index (χ0) is 33.5. The van der Waals surface area contributed by atoms with E-state index in [0.29, 0.717) is 0 Å². The SMILES string of the molecule is c1ccc(-n2c3ccccc3c3cc(-c4ccc(-c5ccc6c(c5)c5ccccc5c5c7ccccc7c7ccccc7c65)cc4)ccc32)cc1. The quantitative estimate of drug-likeness (QED) is 0.169. The number of nitrogens with zero attached hydrogens (tertiary/aromatic N) is 1. The van der Waals surface area contributed by atoms with E-state index in [0.717, 1.165) is 0 Å². The zero-order valence-electron chi connectivity index (χ0n) is 27.8. The molecule has 236 valence electrons. The first-order chi connectivity index (χ1) is 25.3. The summed E-state index contributed by atoms with van der Waals surface area (Å²) in [6, 6.07) is 69.1. The van der Waals surface area contributed by atoms with E-state index in [4.69, 9.17) is 0 Å². The highest BCUT2D eigenvalue weighted by Gasteiger charge is 2.17. The maximum atomic E-state index is 2.40. The van der Waals surface area contributed by atoms with Crippen molar-refractivity contribution < 1.29 is 0 Å². The van der Waals surface area contributed by atoms with Gasteiger partial charge in [0.1, 0.15) is 0 Å². The Labute approximate surface area is 295 Å². The van der Waals surface area contributed by atoms with Gasteiger partial charge in [-0.2, -0.15) is 0 Å². The molecular formula is C50H31N. The van der Waals surface area contributed by atoms with E-state index in [2.05, 4.69) is 193 Å². The number of hydrogen-bond acceptors (Lipinski definition) is 0. The van der Waals surface area contributed by atoms with Crippen LogP contribution >= 0.6 is 0 Å². The van der Waals surface area contributed by atoms with Crippen molar-refractivity contribution in [2.45, 2.75) is 0 Å². The normalized spacial score (nSPS) is 11.9. The second-order valence-corrected chi connectivity index (χ2v) is 13.6. The lowest BCUT2D eigenvalue weighted by molar-refractivity contribution is 1.18. The van der Waals surface area contributed by atoms with Gasteiger partial charge in [0, 0.05) is 16.5 Å². The number of aromatic nitrogens is 1. The molecular weight excluding hydrogens is 615 g/mol. The van der Waals surface area contributed by atoms with Crippen molar-refractivity contribution in [2.24, 2.45) is 0 Å². The monoisotopic (exact) mass is 645 g/mol. The lowest BCUT2D eigenvalue weighted by atomic mass is 9.86. The van der Waals surface area contributed by atoms with Crippen molar-refractivity contribution in [1.82, 2.24) is 4.57 Å². The summed E-state index contributed by atoms with van der Waals surface area (Å²) in [5, 5.41) is 15.6. The van der Waals surface area contributed by atoms with Gasteiger partial charge in [-0.3, -0.25) is 0 Å². The van der Waals surface area contributed by atoms with Crippen LogP contribution in [0.1, 0.15) is 0 Å². The molecule has 11 aromatic rings. The van der Waals surface area contributed by atoms with E-state index in [-0.39, 0.29) is 0 Å². The van der Waals surface area contributed by atoms with Gasteiger partial charge in [0.2, 0.25) is 0 Å². The summed E-state index contributed by atoms with van der Waals surface area (Å²) < 4.78 is 2.37. The molecule has 0 fully saturated rings. The Morgan fingerprint density at radius 3 is 1.22 bits per heavy atom. The van der Waals surface area contributed by atoms with Crippen molar-refractivity contribution in [3.63, 3.8) is 0 Å². The smallest absolute Gasteiger partial charge is 0.0541 e. The molecule has 0 atom stereocenters. The molecule has 11 rings (SSSR count). The topological polar surface area (TPSA) is 4.93 Å². The molecule has 1 heterocycles. The minimum atomic E-state index is 1.18. The highest BCUT2D eigenvalue weighted by Crippen LogP contribution is 2.44. The predicted molar refractivity (Wildman–Crippen MR) is 219 cm³/mol. The first kappa shape index (κ1) is 28.2. The number of benzene rings is 10. The standard InChI is InChI=1S/C50H31N/c1-2-12-36(13-3-1)51-47-21-11-10-17-40(47)46-31-35(27-29-48(46)51)33-24-22-32(23-25-33)34-26-28-44-45(30-34)39-16-6-9-20-43(39)49-41-18-7-4-14-37(41)38-15-5-8-19-42(38)50(44)49/h1-31H. The number of hydrogen-bond donors (Lipinski definition) is 0. The van der Waals surface area contributed by atoms with Gasteiger partial charge >= 0.3 is 0 Å². The summed E-state index contributed by atoms with van der Waals surface area (Å²) in [7, 11) is 0. The first-order valence-corrected chi connectivity index (χ1v) is 17.7. The Morgan fingerprint density at radius 2 is 0.627 bits per heavy atom. The van der Waals surface area contributed by atoms with Gasteiger partial charge in [-0.1, -0.05) is 152 Å². The van der Waals surface area contributed by atoms with Crippen LogP contribution in [0.3, 0.4) is 0 Å². The van der Waals surface area contributed by atoms with Gasteiger partial charge < -0.3 is 4.57 Å². The molecule has 0 N–H and O–H groups in total.